The molecular formula is C20H30N2O. The summed E-state index contributed by atoms with van der Waals surface area (Å²) in [5, 5.41) is 3.08. The van der Waals surface area contributed by atoms with E-state index in [1.54, 1.807) is 0 Å². The molecule has 2 bridgehead atoms. The number of hydrogen-bond acceptors (Lipinski definition) is 2. The number of nitrogens with zero attached hydrogens (tertiary/aromatic N) is 1. The van der Waals surface area contributed by atoms with E-state index in [1.807, 2.05) is 0 Å². The average Bonchev–Trinajstić information content (AvgIpc) is 2.90. The zero-order valence-corrected chi connectivity index (χ0v) is 15.0. The highest BCUT2D eigenvalue weighted by molar-refractivity contribution is 5.78. The highest BCUT2D eigenvalue weighted by Crippen LogP contribution is 2.49. The first-order valence-corrected chi connectivity index (χ1v) is 8.87. The molecule has 0 radical (unpaired) electrons. The van der Waals surface area contributed by atoms with Crippen LogP contribution < -0.4 is 5.32 Å². The van der Waals surface area contributed by atoms with E-state index in [-0.39, 0.29) is 11.3 Å². The Morgan fingerprint density at radius 3 is 2.43 bits per heavy atom. The lowest BCUT2D eigenvalue weighted by Crippen LogP contribution is -2.47. The van der Waals surface area contributed by atoms with Gasteiger partial charge >= 0.3 is 0 Å². The minimum atomic E-state index is 0.171. The lowest BCUT2D eigenvalue weighted by Gasteiger charge is -2.38. The van der Waals surface area contributed by atoms with Crippen LogP contribution in [0.3, 0.4) is 0 Å². The summed E-state index contributed by atoms with van der Waals surface area (Å²) in [5.41, 5.74) is 3.14. The molecule has 1 amide bonds. The summed E-state index contributed by atoms with van der Waals surface area (Å²) in [6.07, 6.45) is 3.46. The van der Waals surface area contributed by atoms with Gasteiger partial charge in [-0.25, -0.2) is 0 Å². The molecule has 2 aliphatic heterocycles. The molecule has 126 valence electrons. The van der Waals surface area contributed by atoms with Crippen LogP contribution in [0.25, 0.3) is 0 Å². The van der Waals surface area contributed by atoms with Crippen molar-refractivity contribution in [2.75, 3.05) is 19.6 Å². The monoisotopic (exact) mass is 314 g/mol. The van der Waals surface area contributed by atoms with Gasteiger partial charge in [0.2, 0.25) is 5.91 Å². The van der Waals surface area contributed by atoms with Gasteiger partial charge in [0.1, 0.15) is 0 Å². The summed E-state index contributed by atoms with van der Waals surface area (Å²) < 4.78 is 0. The van der Waals surface area contributed by atoms with Crippen molar-refractivity contribution in [3.63, 3.8) is 0 Å². The van der Waals surface area contributed by atoms with Gasteiger partial charge in [0, 0.05) is 18.6 Å². The molecule has 0 spiro atoms. The third kappa shape index (κ3) is 3.60. The van der Waals surface area contributed by atoms with Gasteiger partial charge in [-0.3, -0.25) is 9.69 Å². The number of hydrogen-bond donors (Lipinski definition) is 1. The Balaban J connectivity index is 1.42. The van der Waals surface area contributed by atoms with Crippen molar-refractivity contribution in [2.45, 2.75) is 57.9 Å². The van der Waals surface area contributed by atoms with E-state index in [0.29, 0.717) is 12.1 Å². The highest BCUT2D eigenvalue weighted by Gasteiger charge is 2.52. The molecule has 1 saturated carbocycles. The normalized spacial score (nSPS) is 26.9. The topological polar surface area (TPSA) is 32.3 Å². The quantitative estimate of drug-likeness (QED) is 0.905. The van der Waals surface area contributed by atoms with Crippen molar-refractivity contribution < 1.29 is 4.79 Å². The molecule has 0 unspecified atom stereocenters. The van der Waals surface area contributed by atoms with E-state index in [2.05, 4.69) is 62.2 Å². The van der Waals surface area contributed by atoms with Crippen LogP contribution in [-0.2, 0) is 16.6 Å². The van der Waals surface area contributed by atoms with Crippen LogP contribution in [0.15, 0.2) is 24.3 Å². The second kappa shape index (κ2) is 5.94. The maximum Gasteiger partial charge on any atom is 0.234 e. The van der Waals surface area contributed by atoms with Crippen molar-refractivity contribution >= 4 is 5.91 Å². The first kappa shape index (κ1) is 16.5. The van der Waals surface area contributed by atoms with Crippen molar-refractivity contribution in [2.24, 2.45) is 5.92 Å². The summed E-state index contributed by atoms with van der Waals surface area (Å²) in [6, 6.07) is 8.77. The van der Waals surface area contributed by atoms with E-state index >= 15 is 0 Å². The maximum absolute atomic E-state index is 12.1. The van der Waals surface area contributed by atoms with Crippen molar-refractivity contribution in [1.29, 1.82) is 0 Å². The first-order chi connectivity index (χ1) is 10.8. The number of amides is 1. The second-order valence-electron chi connectivity index (χ2n) is 8.70. The third-order valence-corrected chi connectivity index (χ3v) is 5.59. The predicted molar refractivity (Wildman–Crippen MR) is 94.6 cm³/mol. The first-order valence-electron chi connectivity index (χ1n) is 8.87. The minimum absolute atomic E-state index is 0.171. The Labute approximate surface area is 140 Å². The SMILES string of the molecule is CC(C)(C)c1ccc(CCNC(=O)CN2CC3CC2(C)C3)cc1. The fourth-order valence-corrected chi connectivity index (χ4v) is 4.11. The molecule has 1 aromatic rings. The number of carbonyl (C=O) groups is 1. The van der Waals surface area contributed by atoms with Crippen molar-refractivity contribution in [1.82, 2.24) is 10.2 Å². The fourth-order valence-electron chi connectivity index (χ4n) is 4.11. The highest BCUT2D eigenvalue weighted by atomic mass is 16.2. The Kier molecular flexibility index (Phi) is 4.26. The number of nitrogens with one attached hydrogen (secondary N) is 1. The molecule has 0 atom stereocenters. The molecule has 3 fully saturated rings. The molecule has 4 rings (SSSR count). The smallest absolute Gasteiger partial charge is 0.234 e. The summed E-state index contributed by atoms with van der Waals surface area (Å²) in [5.74, 6) is 1.01. The van der Waals surface area contributed by atoms with Gasteiger partial charge in [-0.05, 0) is 48.6 Å². The lowest BCUT2D eigenvalue weighted by atomic mass is 9.75. The molecular weight excluding hydrogens is 284 g/mol. The van der Waals surface area contributed by atoms with Gasteiger partial charge in [-0.2, -0.15) is 0 Å². The van der Waals surface area contributed by atoms with Crippen LogP contribution in [0.5, 0.6) is 0 Å². The predicted octanol–water partition coefficient (Wildman–Crippen LogP) is 3.13. The number of carbonyl (C=O) groups excluding carboxylic acids is 1. The van der Waals surface area contributed by atoms with Crippen LogP contribution in [0, 0.1) is 5.92 Å². The van der Waals surface area contributed by atoms with Gasteiger partial charge in [0.05, 0.1) is 6.54 Å². The Morgan fingerprint density at radius 1 is 1.26 bits per heavy atom. The van der Waals surface area contributed by atoms with Gasteiger partial charge in [-0.1, -0.05) is 45.0 Å². The third-order valence-electron chi connectivity index (χ3n) is 5.59. The molecule has 3 nitrogen and oxygen atoms in total. The van der Waals surface area contributed by atoms with E-state index < -0.39 is 0 Å². The van der Waals surface area contributed by atoms with Gasteiger partial charge < -0.3 is 5.32 Å². The zero-order chi connectivity index (χ0) is 16.7. The van der Waals surface area contributed by atoms with Crippen LogP contribution >= 0.6 is 0 Å². The van der Waals surface area contributed by atoms with Gasteiger partial charge in [0.25, 0.3) is 0 Å². The van der Waals surface area contributed by atoms with Crippen molar-refractivity contribution in [3.05, 3.63) is 35.4 Å². The molecule has 2 heterocycles. The number of fused-ring (bicyclic) bond motifs is 1. The fraction of sp³-hybridized carbons (Fsp3) is 0.650. The summed E-state index contributed by atoms with van der Waals surface area (Å²) >= 11 is 0. The molecule has 3 aliphatic rings. The van der Waals surface area contributed by atoms with E-state index in [9.17, 15) is 4.79 Å². The van der Waals surface area contributed by atoms with Crippen LogP contribution in [-0.4, -0.2) is 36.0 Å². The summed E-state index contributed by atoms with van der Waals surface area (Å²) in [4.78, 5) is 14.5. The van der Waals surface area contributed by atoms with Gasteiger partial charge in [0.15, 0.2) is 0 Å². The molecule has 0 aromatic heterocycles. The average molecular weight is 314 g/mol. The van der Waals surface area contributed by atoms with Crippen LogP contribution in [0.2, 0.25) is 0 Å². The number of rotatable bonds is 5. The Bertz CT molecular complexity index is 564. The van der Waals surface area contributed by atoms with Crippen LogP contribution in [0.1, 0.15) is 51.7 Å². The molecule has 23 heavy (non-hydrogen) atoms. The molecule has 1 N–H and O–H groups in total. The van der Waals surface area contributed by atoms with Gasteiger partial charge in [-0.15, -0.1) is 0 Å². The lowest BCUT2D eigenvalue weighted by molar-refractivity contribution is -0.123. The van der Waals surface area contributed by atoms with Crippen LogP contribution in [0.4, 0.5) is 0 Å². The van der Waals surface area contributed by atoms with E-state index in [0.717, 1.165) is 25.4 Å². The summed E-state index contributed by atoms with van der Waals surface area (Å²) in [6.45, 7) is 11.4. The molecule has 1 aromatic carbocycles. The maximum atomic E-state index is 12.1. The molecule has 3 heteroatoms. The molecule has 1 aliphatic carbocycles. The molecule has 2 saturated heterocycles. The standard InChI is InChI=1S/C20H30N2O/c1-19(2,3)17-7-5-15(6-8-17)9-10-21-18(23)14-22-13-16-11-20(22,4)12-16/h5-8,16H,9-14H2,1-4H3,(H,21,23). The largest absolute Gasteiger partial charge is 0.355 e. The zero-order valence-electron chi connectivity index (χ0n) is 15.0. The second-order valence-corrected chi connectivity index (χ2v) is 8.70. The summed E-state index contributed by atoms with van der Waals surface area (Å²) in [7, 11) is 0. The Hall–Kier alpha value is -1.35. The van der Waals surface area contributed by atoms with Crippen molar-refractivity contribution in [3.8, 4) is 0 Å². The van der Waals surface area contributed by atoms with E-state index in [1.165, 1.54) is 24.0 Å². The Morgan fingerprint density at radius 2 is 1.91 bits per heavy atom. The van der Waals surface area contributed by atoms with E-state index in [4.69, 9.17) is 0 Å². The number of benzene rings is 1. The minimum Gasteiger partial charge on any atom is -0.355 e.